The van der Waals surface area contributed by atoms with Gasteiger partial charge in [0.05, 0.1) is 6.42 Å². The monoisotopic (exact) mass is 316 g/mol. The Labute approximate surface area is 127 Å². The van der Waals surface area contributed by atoms with Gasteiger partial charge in [0.25, 0.3) is 0 Å². The largest absolute Gasteiger partial charge is 0.573 e. The predicted octanol–water partition coefficient (Wildman–Crippen LogP) is 2.47. The van der Waals surface area contributed by atoms with Crippen LogP contribution >= 0.6 is 0 Å². The standard InChI is InChI=1S/C15H19F3N2O2/c1-10-8-12(19)6-7-20(10)14(21)9-11-2-4-13(5-3-11)22-15(16,17)18/h2-5,10,12H,6-9,19H2,1H3/t10-,12-/m0/s1. The second-order valence-corrected chi connectivity index (χ2v) is 5.59. The number of carbonyl (C=O) groups is 1. The molecule has 0 aromatic heterocycles. The maximum Gasteiger partial charge on any atom is 0.573 e. The van der Waals surface area contributed by atoms with Crippen molar-refractivity contribution in [2.24, 2.45) is 5.73 Å². The maximum atomic E-state index is 12.3. The Morgan fingerprint density at radius 3 is 2.55 bits per heavy atom. The fourth-order valence-electron chi connectivity index (χ4n) is 2.66. The number of halogens is 3. The van der Waals surface area contributed by atoms with Crippen LogP contribution in [0.4, 0.5) is 13.2 Å². The Hall–Kier alpha value is -1.76. The smallest absolute Gasteiger partial charge is 0.406 e. The quantitative estimate of drug-likeness (QED) is 0.932. The third-order valence-corrected chi connectivity index (χ3v) is 3.75. The lowest BCUT2D eigenvalue weighted by atomic mass is 9.98. The molecular weight excluding hydrogens is 297 g/mol. The summed E-state index contributed by atoms with van der Waals surface area (Å²) >= 11 is 0. The van der Waals surface area contributed by atoms with E-state index in [2.05, 4.69) is 4.74 Å². The van der Waals surface area contributed by atoms with Crippen LogP contribution < -0.4 is 10.5 Å². The van der Waals surface area contributed by atoms with Crippen LogP contribution in [-0.2, 0) is 11.2 Å². The molecule has 4 nitrogen and oxygen atoms in total. The molecule has 1 aromatic carbocycles. The zero-order chi connectivity index (χ0) is 16.3. The minimum atomic E-state index is -4.71. The van der Waals surface area contributed by atoms with Crippen molar-refractivity contribution in [3.05, 3.63) is 29.8 Å². The van der Waals surface area contributed by atoms with Gasteiger partial charge in [0.15, 0.2) is 0 Å². The molecule has 1 heterocycles. The van der Waals surface area contributed by atoms with E-state index >= 15 is 0 Å². The van der Waals surface area contributed by atoms with Gasteiger partial charge in [-0.05, 0) is 37.5 Å². The summed E-state index contributed by atoms with van der Waals surface area (Å²) in [5.41, 5.74) is 6.52. The van der Waals surface area contributed by atoms with Crippen LogP contribution in [0.2, 0.25) is 0 Å². The summed E-state index contributed by atoms with van der Waals surface area (Å²) in [5.74, 6) is -0.329. The molecule has 1 aliphatic heterocycles. The molecule has 1 fully saturated rings. The molecule has 0 aliphatic carbocycles. The molecule has 7 heteroatoms. The number of piperidine rings is 1. The summed E-state index contributed by atoms with van der Waals surface area (Å²) in [6.07, 6.45) is -3.01. The lowest BCUT2D eigenvalue weighted by Crippen LogP contribution is -2.48. The van der Waals surface area contributed by atoms with E-state index in [-0.39, 0.29) is 30.2 Å². The van der Waals surface area contributed by atoms with Crippen LogP contribution in [0, 0.1) is 0 Å². The summed E-state index contributed by atoms with van der Waals surface area (Å²) in [6, 6.07) is 5.58. The number of rotatable bonds is 3. The number of hydrogen-bond acceptors (Lipinski definition) is 3. The molecule has 2 rings (SSSR count). The van der Waals surface area contributed by atoms with Gasteiger partial charge in [0, 0.05) is 18.6 Å². The van der Waals surface area contributed by atoms with Crippen molar-refractivity contribution in [3.63, 3.8) is 0 Å². The summed E-state index contributed by atoms with van der Waals surface area (Å²) in [6.45, 7) is 2.58. The normalized spacial score (nSPS) is 22.5. The van der Waals surface area contributed by atoms with Gasteiger partial charge in [-0.1, -0.05) is 12.1 Å². The Kier molecular flexibility index (Phi) is 4.95. The summed E-state index contributed by atoms with van der Waals surface area (Å²) in [5, 5.41) is 0. The molecule has 1 aliphatic rings. The molecule has 1 amide bonds. The molecule has 2 atom stereocenters. The van der Waals surface area contributed by atoms with E-state index in [0.717, 1.165) is 12.8 Å². The minimum absolute atomic E-state index is 0.0381. The third kappa shape index (κ3) is 4.62. The molecular formula is C15H19F3N2O2. The molecule has 0 saturated carbocycles. The minimum Gasteiger partial charge on any atom is -0.406 e. The van der Waals surface area contributed by atoms with E-state index < -0.39 is 6.36 Å². The first-order valence-electron chi connectivity index (χ1n) is 7.14. The zero-order valence-electron chi connectivity index (χ0n) is 12.3. The highest BCUT2D eigenvalue weighted by Gasteiger charge is 2.31. The average molecular weight is 316 g/mol. The number of alkyl halides is 3. The number of carbonyl (C=O) groups excluding carboxylic acids is 1. The molecule has 0 radical (unpaired) electrons. The first-order chi connectivity index (χ1) is 10.2. The second kappa shape index (κ2) is 6.56. The lowest BCUT2D eigenvalue weighted by Gasteiger charge is -2.36. The van der Waals surface area contributed by atoms with E-state index in [1.54, 1.807) is 4.90 Å². The highest BCUT2D eigenvalue weighted by atomic mass is 19.4. The summed E-state index contributed by atoms with van der Waals surface area (Å²) < 4.78 is 40.0. The Morgan fingerprint density at radius 2 is 2.00 bits per heavy atom. The highest BCUT2D eigenvalue weighted by Crippen LogP contribution is 2.23. The topological polar surface area (TPSA) is 55.6 Å². The summed E-state index contributed by atoms with van der Waals surface area (Å²) in [4.78, 5) is 14.1. The molecule has 22 heavy (non-hydrogen) atoms. The van der Waals surface area contributed by atoms with E-state index in [1.807, 2.05) is 6.92 Å². The first kappa shape index (κ1) is 16.6. The summed E-state index contributed by atoms with van der Waals surface area (Å²) in [7, 11) is 0. The van der Waals surface area contributed by atoms with Crippen molar-refractivity contribution in [1.29, 1.82) is 0 Å². The average Bonchev–Trinajstić information content (AvgIpc) is 2.39. The van der Waals surface area contributed by atoms with Crippen LogP contribution in [0.5, 0.6) is 5.75 Å². The van der Waals surface area contributed by atoms with Crippen molar-refractivity contribution < 1.29 is 22.7 Å². The van der Waals surface area contributed by atoms with Gasteiger partial charge in [-0.15, -0.1) is 13.2 Å². The fraction of sp³-hybridized carbons (Fsp3) is 0.533. The van der Waals surface area contributed by atoms with Crippen LogP contribution in [0.3, 0.4) is 0 Å². The van der Waals surface area contributed by atoms with Crippen molar-refractivity contribution in [3.8, 4) is 5.75 Å². The van der Waals surface area contributed by atoms with E-state index in [4.69, 9.17) is 5.73 Å². The van der Waals surface area contributed by atoms with Crippen molar-refractivity contribution in [2.45, 2.75) is 44.6 Å². The number of ether oxygens (including phenoxy) is 1. The molecule has 0 spiro atoms. The molecule has 0 bridgehead atoms. The fourth-order valence-corrected chi connectivity index (χ4v) is 2.66. The van der Waals surface area contributed by atoms with Gasteiger partial charge in [-0.2, -0.15) is 0 Å². The number of nitrogens with two attached hydrogens (primary N) is 1. The van der Waals surface area contributed by atoms with Gasteiger partial charge in [-0.3, -0.25) is 4.79 Å². The predicted molar refractivity (Wildman–Crippen MR) is 75.2 cm³/mol. The highest BCUT2D eigenvalue weighted by molar-refractivity contribution is 5.79. The first-order valence-corrected chi connectivity index (χ1v) is 7.14. The number of amides is 1. The molecule has 2 N–H and O–H groups in total. The molecule has 122 valence electrons. The van der Waals surface area contributed by atoms with Gasteiger partial charge in [0.2, 0.25) is 5.91 Å². The van der Waals surface area contributed by atoms with Crippen molar-refractivity contribution in [1.82, 2.24) is 4.90 Å². The SMILES string of the molecule is C[C@H]1C[C@@H](N)CCN1C(=O)Cc1ccc(OC(F)(F)F)cc1. The van der Waals surface area contributed by atoms with Crippen molar-refractivity contribution in [2.75, 3.05) is 6.54 Å². The van der Waals surface area contributed by atoms with E-state index in [0.29, 0.717) is 12.1 Å². The van der Waals surface area contributed by atoms with Gasteiger partial charge >= 0.3 is 6.36 Å². The molecule has 0 unspecified atom stereocenters. The van der Waals surface area contributed by atoms with Crippen LogP contribution in [-0.4, -0.2) is 35.8 Å². The van der Waals surface area contributed by atoms with E-state index in [9.17, 15) is 18.0 Å². The van der Waals surface area contributed by atoms with Crippen molar-refractivity contribution >= 4 is 5.91 Å². The van der Waals surface area contributed by atoms with Gasteiger partial charge in [0.1, 0.15) is 5.75 Å². The van der Waals surface area contributed by atoms with Crippen LogP contribution in [0.1, 0.15) is 25.3 Å². The number of benzene rings is 1. The van der Waals surface area contributed by atoms with Crippen LogP contribution in [0.25, 0.3) is 0 Å². The lowest BCUT2D eigenvalue weighted by molar-refractivity contribution is -0.274. The number of nitrogens with zero attached hydrogens (tertiary/aromatic N) is 1. The zero-order valence-corrected chi connectivity index (χ0v) is 12.3. The third-order valence-electron chi connectivity index (χ3n) is 3.75. The molecule has 1 aromatic rings. The number of likely N-dealkylation sites (tertiary alicyclic amines) is 1. The van der Waals surface area contributed by atoms with Crippen LogP contribution in [0.15, 0.2) is 24.3 Å². The van der Waals surface area contributed by atoms with Gasteiger partial charge < -0.3 is 15.4 Å². The van der Waals surface area contributed by atoms with Gasteiger partial charge in [-0.25, -0.2) is 0 Å². The Balaban J connectivity index is 1.94. The maximum absolute atomic E-state index is 12.3. The Morgan fingerprint density at radius 1 is 1.36 bits per heavy atom. The molecule has 1 saturated heterocycles. The second-order valence-electron chi connectivity index (χ2n) is 5.59. The van der Waals surface area contributed by atoms with E-state index in [1.165, 1.54) is 24.3 Å². The number of hydrogen-bond donors (Lipinski definition) is 1. The Bertz CT molecular complexity index is 517.